The summed E-state index contributed by atoms with van der Waals surface area (Å²) in [6.07, 6.45) is 0.0798. The highest BCUT2D eigenvalue weighted by atomic mass is 19.3. The molecule has 0 saturated carbocycles. The van der Waals surface area contributed by atoms with E-state index in [1.165, 1.54) is 12.8 Å². The lowest BCUT2D eigenvalue weighted by Gasteiger charge is -2.32. The van der Waals surface area contributed by atoms with E-state index in [9.17, 15) is 8.78 Å². The van der Waals surface area contributed by atoms with Gasteiger partial charge in [0.1, 0.15) is 0 Å². The Hall–Kier alpha value is -1.00. The van der Waals surface area contributed by atoms with Crippen molar-refractivity contribution in [1.29, 1.82) is 0 Å². The van der Waals surface area contributed by atoms with Crippen molar-refractivity contribution in [3.63, 3.8) is 0 Å². The molecule has 0 aliphatic carbocycles. The predicted octanol–water partition coefficient (Wildman–Crippen LogP) is 3.83. The van der Waals surface area contributed by atoms with Crippen LogP contribution in [0, 0.1) is 5.92 Å². The van der Waals surface area contributed by atoms with Gasteiger partial charge in [0, 0.05) is 24.7 Å². The lowest BCUT2D eigenvalue weighted by atomic mass is 9.96. The van der Waals surface area contributed by atoms with E-state index in [2.05, 4.69) is 24.1 Å². The fourth-order valence-corrected chi connectivity index (χ4v) is 2.86. The van der Waals surface area contributed by atoms with Gasteiger partial charge in [-0.2, -0.15) is 0 Å². The van der Waals surface area contributed by atoms with Gasteiger partial charge in [-0.05, 0) is 51.3 Å². The first-order chi connectivity index (χ1) is 10.1. The van der Waals surface area contributed by atoms with Gasteiger partial charge < -0.3 is 5.32 Å². The van der Waals surface area contributed by atoms with E-state index in [0.29, 0.717) is 6.04 Å². The molecule has 0 unspecified atom stereocenters. The number of nitrogens with zero attached hydrogens (tertiary/aromatic N) is 1. The zero-order chi connectivity index (χ0) is 15.2. The van der Waals surface area contributed by atoms with Crippen molar-refractivity contribution in [1.82, 2.24) is 10.2 Å². The molecule has 1 aromatic carbocycles. The van der Waals surface area contributed by atoms with Crippen LogP contribution in [0.4, 0.5) is 8.78 Å². The molecule has 1 fully saturated rings. The first-order valence-electron chi connectivity index (χ1n) is 7.88. The normalized spacial score (nSPS) is 17.1. The van der Waals surface area contributed by atoms with Crippen LogP contribution >= 0.6 is 0 Å². The van der Waals surface area contributed by atoms with E-state index < -0.39 is 6.43 Å². The van der Waals surface area contributed by atoms with Gasteiger partial charge in [-0.15, -0.1) is 0 Å². The first-order valence-corrected chi connectivity index (χ1v) is 7.88. The average molecular weight is 296 g/mol. The maximum Gasteiger partial charge on any atom is 0.263 e. The number of nitrogens with one attached hydrogen (secondary N) is 1. The van der Waals surface area contributed by atoms with Crippen LogP contribution in [0.2, 0.25) is 0 Å². The van der Waals surface area contributed by atoms with Gasteiger partial charge in [0.15, 0.2) is 0 Å². The molecule has 2 nitrogen and oxygen atoms in total. The first kappa shape index (κ1) is 16.4. The summed E-state index contributed by atoms with van der Waals surface area (Å²) in [6, 6.07) is 7.22. The van der Waals surface area contributed by atoms with E-state index in [1.54, 1.807) is 12.1 Å². The number of benzene rings is 1. The second-order valence-corrected chi connectivity index (χ2v) is 6.26. The molecule has 0 atom stereocenters. The summed E-state index contributed by atoms with van der Waals surface area (Å²) < 4.78 is 25.2. The third-order valence-electron chi connectivity index (χ3n) is 4.30. The van der Waals surface area contributed by atoms with Gasteiger partial charge in [0.25, 0.3) is 6.43 Å². The largest absolute Gasteiger partial charge is 0.317 e. The summed E-state index contributed by atoms with van der Waals surface area (Å²) in [4.78, 5) is 2.45. The lowest BCUT2D eigenvalue weighted by molar-refractivity contribution is 0.151. The highest BCUT2D eigenvalue weighted by molar-refractivity contribution is 5.23. The Morgan fingerprint density at radius 1 is 1.14 bits per heavy atom. The maximum absolute atomic E-state index is 12.6. The van der Waals surface area contributed by atoms with Crippen LogP contribution in [0.3, 0.4) is 0 Å². The van der Waals surface area contributed by atoms with Gasteiger partial charge in [0.2, 0.25) is 0 Å². The summed E-state index contributed by atoms with van der Waals surface area (Å²) in [7, 11) is 0. The standard InChI is InChI=1S/C17H26F2N2/c1-13(2)21(12-15-7-9-20-10-8-15)11-14-3-5-16(6-4-14)17(18)19/h3-6,13,15,17,20H,7-12H2,1-2H3. The maximum atomic E-state index is 12.6. The summed E-state index contributed by atoms with van der Waals surface area (Å²) in [5, 5.41) is 3.39. The van der Waals surface area contributed by atoms with Gasteiger partial charge in [-0.3, -0.25) is 4.90 Å². The highest BCUT2D eigenvalue weighted by Crippen LogP contribution is 2.21. The van der Waals surface area contributed by atoms with E-state index in [1.807, 2.05) is 12.1 Å². The minimum atomic E-state index is -2.38. The third kappa shape index (κ3) is 5.04. The SMILES string of the molecule is CC(C)N(Cc1ccc(C(F)F)cc1)CC1CCNCC1. The molecule has 4 heteroatoms. The molecular weight excluding hydrogens is 270 g/mol. The van der Waals surface area contributed by atoms with Gasteiger partial charge in [0.05, 0.1) is 0 Å². The minimum absolute atomic E-state index is 0.105. The van der Waals surface area contributed by atoms with E-state index in [0.717, 1.165) is 37.7 Å². The second kappa shape index (κ2) is 7.85. The number of hydrogen-bond donors (Lipinski definition) is 1. The minimum Gasteiger partial charge on any atom is -0.317 e. The number of piperidine rings is 1. The molecule has 1 aromatic rings. The molecule has 2 rings (SSSR count). The Morgan fingerprint density at radius 2 is 1.76 bits per heavy atom. The molecular formula is C17H26F2N2. The summed E-state index contributed by atoms with van der Waals surface area (Å²) in [5.41, 5.74) is 1.22. The number of alkyl halides is 2. The van der Waals surface area contributed by atoms with Crippen molar-refractivity contribution in [2.75, 3.05) is 19.6 Å². The smallest absolute Gasteiger partial charge is 0.263 e. The Morgan fingerprint density at radius 3 is 2.29 bits per heavy atom. The molecule has 1 aliphatic heterocycles. The Kier molecular flexibility index (Phi) is 6.12. The van der Waals surface area contributed by atoms with Crippen molar-refractivity contribution in [2.45, 2.75) is 45.7 Å². The third-order valence-corrected chi connectivity index (χ3v) is 4.30. The topological polar surface area (TPSA) is 15.3 Å². The van der Waals surface area contributed by atoms with Crippen LogP contribution < -0.4 is 5.32 Å². The number of rotatable bonds is 6. The van der Waals surface area contributed by atoms with E-state index >= 15 is 0 Å². The van der Waals surface area contributed by atoms with Crippen LogP contribution in [0.25, 0.3) is 0 Å². The molecule has 118 valence electrons. The second-order valence-electron chi connectivity index (χ2n) is 6.26. The van der Waals surface area contributed by atoms with Gasteiger partial charge >= 0.3 is 0 Å². The molecule has 1 saturated heterocycles. The predicted molar refractivity (Wildman–Crippen MR) is 82.5 cm³/mol. The van der Waals surface area contributed by atoms with Crippen LogP contribution in [0.15, 0.2) is 24.3 Å². The quantitative estimate of drug-likeness (QED) is 0.858. The monoisotopic (exact) mass is 296 g/mol. The van der Waals surface area contributed by atoms with Crippen LogP contribution in [-0.2, 0) is 6.54 Å². The Labute approximate surface area is 126 Å². The highest BCUT2D eigenvalue weighted by Gasteiger charge is 2.19. The molecule has 0 radical (unpaired) electrons. The summed E-state index contributed by atoms with van der Waals surface area (Å²) >= 11 is 0. The van der Waals surface area contributed by atoms with E-state index in [4.69, 9.17) is 0 Å². The zero-order valence-electron chi connectivity index (χ0n) is 13.0. The van der Waals surface area contributed by atoms with Gasteiger partial charge in [-0.25, -0.2) is 8.78 Å². The van der Waals surface area contributed by atoms with Crippen molar-refractivity contribution < 1.29 is 8.78 Å². The van der Waals surface area contributed by atoms with Crippen LogP contribution in [0.5, 0.6) is 0 Å². The average Bonchev–Trinajstić information content (AvgIpc) is 2.48. The molecule has 1 heterocycles. The van der Waals surface area contributed by atoms with Crippen LogP contribution in [0.1, 0.15) is 44.2 Å². The van der Waals surface area contributed by atoms with Crippen LogP contribution in [-0.4, -0.2) is 30.6 Å². The fourth-order valence-electron chi connectivity index (χ4n) is 2.86. The van der Waals surface area contributed by atoms with Crippen molar-refractivity contribution in [3.8, 4) is 0 Å². The molecule has 1 N–H and O–H groups in total. The number of halogens is 2. The molecule has 0 spiro atoms. The molecule has 1 aliphatic rings. The van der Waals surface area contributed by atoms with Crippen molar-refractivity contribution in [2.24, 2.45) is 5.92 Å². The Bertz CT molecular complexity index is 411. The molecule has 0 aromatic heterocycles. The summed E-state index contributed by atoms with van der Waals surface area (Å²) in [5.74, 6) is 0.744. The molecule has 21 heavy (non-hydrogen) atoms. The van der Waals surface area contributed by atoms with Crippen molar-refractivity contribution in [3.05, 3.63) is 35.4 Å². The Balaban J connectivity index is 1.95. The van der Waals surface area contributed by atoms with Gasteiger partial charge in [-0.1, -0.05) is 24.3 Å². The van der Waals surface area contributed by atoms with Crippen molar-refractivity contribution >= 4 is 0 Å². The molecule has 0 amide bonds. The fraction of sp³-hybridized carbons (Fsp3) is 0.647. The zero-order valence-corrected chi connectivity index (χ0v) is 13.0. The number of hydrogen-bond acceptors (Lipinski definition) is 2. The molecule has 0 bridgehead atoms. The lowest BCUT2D eigenvalue weighted by Crippen LogP contribution is -2.39. The summed E-state index contributed by atoms with van der Waals surface area (Å²) in [6.45, 7) is 8.56. The van der Waals surface area contributed by atoms with E-state index in [-0.39, 0.29) is 5.56 Å².